The molecular formula is C35H33BrK2N10O3. The van der Waals surface area contributed by atoms with Gasteiger partial charge in [-0.05, 0) is 49.2 Å². The van der Waals surface area contributed by atoms with E-state index < -0.39 is 0 Å². The average molecular weight is 800 g/mol. The summed E-state index contributed by atoms with van der Waals surface area (Å²) in [6, 6.07) is 31.6. The van der Waals surface area contributed by atoms with Gasteiger partial charge in [0.15, 0.2) is 11.4 Å². The quantitative estimate of drug-likeness (QED) is 0.0592. The fourth-order valence-corrected chi connectivity index (χ4v) is 4.26. The van der Waals surface area contributed by atoms with E-state index in [2.05, 4.69) is 124 Å². The Labute approximate surface area is 392 Å². The molecule has 0 spiro atoms. The first-order valence-electron chi connectivity index (χ1n) is 14.5. The van der Waals surface area contributed by atoms with Crippen LogP contribution in [0.2, 0.25) is 0 Å². The Hall–Kier alpha value is -3.08. The first-order chi connectivity index (χ1) is 23.9. The molecule has 0 atom stereocenters. The largest absolute Gasteiger partial charge is 1.00 e. The summed E-state index contributed by atoms with van der Waals surface area (Å²) in [5, 5.41) is 26.5. The van der Waals surface area contributed by atoms with Gasteiger partial charge in [-0.2, -0.15) is 0 Å². The topological polar surface area (TPSA) is 135 Å². The van der Waals surface area contributed by atoms with Crippen molar-refractivity contribution in [3.8, 4) is 0 Å². The minimum absolute atomic E-state index is 0. The third-order valence-electron chi connectivity index (χ3n) is 6.40. The van der Waals surface area contributed by atoms with Crippen molar-refractivity contribution in [2.45, 2.75) is 25.7 Å². The van der Waals surface area contributed by atoms with E-state index >= 15 is 0 Å². The normalized spacial score (nSPS) is 9.06. The monoisotopic (exact) mass is 798 g/mol. The van der Waals surface area contributed by atoms with Gasteiger partial charge in [-0.25, -0.2) is 19.0 Å². The van der Waals surface area contributed by atoms with Crippen LogP contribution in [-0.2, 0) is 21.6 Å². The van der Waals surface area contributed by atoms with Crippen molar-refractivity contribution < 1.29 is 119 Å². The standard InChI is InChI=1S/C17H15N5.C9H7N5.C8H9Br.CH2O3.2K.H/c1-14-3-5-15(6-4-14)11-22(21-12-19-20-13-21)17-9-7-16(18-2)8-10-17;1-10-8-2-4-9(5-3-8)13-14-6-11-12-7-14;1-7-2-4-8(6-9)5-3-7;2-1-4-3;;;/h3-10,12-13H,11H2,1H3;2-7,13H;2-5H,6H2,1H3;1,3H;;;/q;;;;2*+1;-1/p-1. The second-order valence-corrected chi connectivity index (χ2v) is 10.5. The molecule has 0 saturated heterocycles. The fraction of sp³-hybridized carbons (Fsp3) is 0.114. The van der Waals surface area contributed by atoms with Crippen molar-refractivity contribution in [3.05, 3.63) is 167 Å². The van der Waals surface area contributed by atoms with Gasteiger partial charge in [0, 0.05) is 5.33 Å². The number of hydrogen-bond donors (Lipinski definition) is 1. The Bertz CT molecular complexity index is 1890. The number of nitrogens with one attached hydrogen (secondary N) is 1. The summed E-state index contributed by atoms with van der Waals surface area (Å²) in [6.45, 7) is 18.5. The van der Waals surface area contributed by atoms with Crippen LogP contribution in [0.25, 0.3) is 9.69 Å². The molecule has 0 aliphatic carbocycles. The molecule has 250 valence electrons. The van der Waals surface area contributed by atoms with Crippen LogP contribution >= 0.6 is 15.9 Å². The summed E-state index contributed by atoms with van der Waals surface area (Å²) >= 11 is 3.38. The van der Waals surface area contributed by atoms with Crippen molar-refractivity contribution in [1.29, 1.82) is 0 Å². The predicted molar refractivity (Wildman–Crippen MR) is 189 cm³/mol. The van der Waals surface area contributed by atoms with E-state index in [1.165, 1.54) is 22.3 Å². The molecule has 0 amide bonds. The SMILES string of the molecule is Cc1ccc(CBr)cc1.O=CO[O-].[C-]#[N+]c1ccc(N(Cc2ccc(C)cc2)n2cnnc2)cc1.[C-]#[N+]c1ccc(Nn2cnnc2)cc1.[H-].[K+].[K+]. The number of carbonyl (C=O) groups is 1. The third-order valence-corrected chi connectivity index (χ3v) is 7.05. The number of aryl methyl sites for hydroxylation is 2. The van der Waals surface area contributed by atoms with E-state index in [0.29, 0.717) is 17.9 Å². The maximum Gasteiger partial charge on any atom is 1.00 e. The Morgan fingerprint density at radius 2 is 1.20 bits per heavy atom. The second-order valence-electron chi connectivity index (χ2n) is 9.96. The second kappa shape index (κ2) is 26.7. The number of benzene rings is 4. The number of hydrogen-bond acceptors (Lipinski definition) is 9. The van der Waals surface area contributed by atoms with Crippen LogP contribution < -0.4 is 118 Å². The molecule has 0 radical (unpaired) electrons. The maximum atomic E-state index is 8.64. The molecule has 2 aromatic heterocycles. The molecule has 6 aromatic rings. The predicted octanol–water partition coefficient (Wildman–Crippen LogP) is 0.756. The molecule has 13 nitrogen and oxygen atoms in total. The smallest absolute Gasteiger partial charge is 1.00 e. The number of aromatic nitrogens is 6. The van der Waals surface area contributed by atoms with Gasteiger partial charge >= 0.3 is 103 Å². The number of carbonyl (C=O) groups excluding carboxylic acids is 1. The summed E-state index contributed by atoms with van der Waals surface area (Å²) in [4.78, 5) is 18.0. The molecule has 0 saturated carbocycles. The van der Waals surface area contributed by atoms with Crippen LogP contribution in [0.5, 0.6) is 0 Å². The molecule has 1 N–H and O–H groups in total. The minimum atomic E-state index is -0.181. The van der Waals surface area contributed by atoms with E-state index in [0.717, 1.165) is 16.7 Å². The van der Waals surface area contributed by atoms with Crippen molar-refractivity contribution in [1.82, 2.24) is 29.7 Å². The number of alkyl halides is 1. The number of nitrogens with zero attached hydrogens (tertiary/aromatic N) is 9. The molecular weight excluding hydrogens is 767 g/mol. The molecule has 2 heterocycles. The van der Waals surface area contributed by atoms with Crippen molar-refractivity contribution >= 4 is 45.2 Å². The van der Waals surface area contributed by atoms with Crippen LogP contribution in [0.1, 0.15) is 23.7 Å². The van der Waals surface area contributed by atoms with Crippen LogP contribution in [-0.4, -0.2) is 36.2 Å². The van der Waals surface area contributed by atoms with E-state index in [1.807, 2.05) is 41.1 Å². The zero-order valence-corrected chi connectivity index (χ0v) is 36.5. The average Bonchev–Trinajstić information content (AvgIpc) is 3.88. The van der Waals surface area contributed by atoms with Gasteiger partial charge in [-0.15, -0.1) is 20.4 Å². The molecule has 16 heteroatoms. The molecule has 0 fully saturated rings. The Morgan fingerprint density at radius 3 is 1.63 bits per heavy atom. The molecule has 0 unspecified atom stereocenters. The Kier molecular flexibility index (Phi) is 24.0. The molecule has 4 aromatic carbocycles. The van der Waals surface area contributed by atoms with Crippen molar-refractivity contribution in [3.63, 3.8) is 0 Å². The fourth-order valence-electron chi connectivity index (χ4n) is 3.89. The van der Waals surface area contributed by atoms with Crippen molar-refractivity contribution in [2.75, 3.05) is 10.4 Å². The zero-order valence-electron chi connectivity index (χ0n) is 29.7. The van der Waals surface area contributed by atoms with Gasteiger partial charge < -0.3 is 11.6 Å². The number of anilines is 2. The summed E-state index contributed by atoms with van der Waals surface area (Å²) < 4.78 is 3.47. The summed E-state index contributed by atoms with van der Waals surface area (Å²) in [7, 11) is 0. The first kappa shape index (κ1) is 45.9. The maximum absolute atomic E-state index is 8.64. The van der Waals surface area contributed by atoms with Gasteiger partial charge in [0.2, 0.25) is 0 Å². The van der Waals surface area contributed by atoms with Gasteiger partial charge in [0.05, 0.1) is 31.1 Å². The summed E-state index contributed by atoms with van der Waals surface area (Å²) in [6.07, 6.45) is 6.44. The number of rotatable bonds is 8. The molecule has 51 heavy (non-hydrogen) atoms. The van der Waals surface area contributed by atoms with E-state index in [4.69, 9.17) is 23.2 Å². The van der Waals surface area contributed by atoms with E-state index in [-0.39, 0.29) is 111 Å². The van der Waals surface area contributed by atoms with Gasteiger partial charge in [0.1, 0.15) is 25.3 Å². The van der Waals surface area contributed by atoms with Gasteiger partial charge in [-0.1, -0.05) is 99.9 Å². The summed E-state index contributed by atoms with van der Waals surface area (Å²) in [5.41, 5.74) is 11.2. The van der Waals surface area contributed by atoms with E-state index in [9.17, 15) is 0 Å². The van der Waals surface area contributed by atoms with Crippen LogP contribution in [0, 0.1) is 27.0 Å². The zero-order chi connectivity index (χ0) is 35.3. The molecule has 0 bridgehead atoms. The molecule has 0 aliphatic rings. The minimum Gasteiger partial charge on any atom is -1.00 e. The summed E-state index contributed by atoms with van der Waals surface area (Å²) in [5.74, 6) is 0. The Balaban J connectivity index is 0.000000748. The van der Waals surface area contributed by atoms with Crippen LogP contribution in [0.4, 0.5) is 22.7 Å². The van der Waals surface area contributed by atoms with Gasteiger partial charge in [-0.3, -0.25) is 15.2 Å². The van der Waals surface area contributed by atoms with Crippen molar-refractivity contribution in [2.24, 2.45) is 0 Å². The van der Waals surface area contributed by atoms with E-state index in [1.54, 1.807) is 42.1 Å². The van der Waals surface area contributed by atoms with Gasteiger partial charge in [0.25, 0.3) is 6.47 Å². The molecule has 6 rings (SSSR count). The first-order valence-corrected chi connectivity index (χ1v) is 15.6. The Morgan fingerprint density at radius 1 is 0.765 bits per heavy atom. The van der Waals surface area contributed by atoms with Crippen LogP contribution in [0.3, 0.4) is 0 Å². The number of halogens is 1. The molecule has 0 aliphatic heterocycles. The van der Waals surface area contributed by atoms with Crippen LogP contribution in [0.15, 0.2) is 122 Å². The third kappa shape index (κ3) is 17.3.